The maximum atomic E-state index is 12.9. The second-order valence-electron chi connectivity index (χ2n) is 8.38. The number of nitrogens with zero attached hydrogens (tertiary/aromatic N) is 1. The van der Waals surface area contributed by atoms with E-state index < -0.39 is 5.91 Å². The molecule has 0 unspecified atom stereocenters. The molecule has 196 valence electrons. The Bertz CT molecular complexity index is 1500. The fraction of sp³-hybridized carbons (Fsp3) is 0.0968. The van der Waals surface area contributed by atoms with Crippen molar-refractivity contribution in [3.63, 3.8) is 0 Å². The quantitative estimate of drug-likeness (QED) is 0.148. The van der Waals surface area contributed by atoms with Gasteiger partial charge in [-0.25, -0.2) is 0 Å². The Hall–Kier alpha value is -4.25. The number of rotatable bonds is 10. The molecule has 0 bridgehead atoms. The highest BCUT2D eigenvalue weighted by atomic mass is 79.9. The van der Waals surface area contributed by atoms with Crippen LogP contribution in [0, 0.1) is 11.3 Å². The minimum Gasteiger partial charge on any atom is -0.497 e. The summed E-state index contributed by atoms with van der Waals surface area (Å²) in [6.07, 6.45) is 1.50. The largest absolute Gasteiger partial charge is 0.497 e. The van der Waals surface area contributed by atoms with Crippen molar-refractivity contribution in [2.45, 2.75) is 13.2 Å². The highest BCUT2D eigenvalue weighted by molar-refractivity contribution is 9.10. The van der Waals surface area contributed by atoms with E-state index in [1.165, 1.54) is 6.08 Å². The molecule has 0 saturated heterocycles. The molecule has 0 atom stereocenters. The van der Waals surface area contributed by atoms with Crippen molar-refractivity contribution in [2.24, 2.45) is 0 Å². The molecule has 0 aliphatic rings. The number of ether oxygens (including phenoxy) is 3. The van der Waals surface area contributed by atoms with Crippen LogP contribution in [0.3, 0.4) is 0 Å². The average Bonchev–Trinajstić information content (AvgIpc) is 2.96. The van der Waals surface area contributed by atoms with E-state index in [2.05, 4.69) is 21.2 Å². The number of methoxy groups -OCH3 is 1. The number of hydrogen-bond acceptors (Lipinski definition) is 5. The molecular formula is C31H24BrClN2O4. The molecule has 1 N–H and O–H groups in total. The van der Waals surface area contributed by atoms with E-state index >= 15 is 0 Å². The molecule has 0 heterocycles. The van der Waals surface area contributed by atoms with Crippen LogP contribution >= 0.6 is 27.5 Å². The highest BCUT2D eigenvalue weighted by Gasteiger charge is 2.13. The number of benzene rings is 4. The van der Waals surface area contributed by atoms with Crippen molar-refractivity contribution in [2.75, 3.05) is 12.4 Å². The van der Waals surface area contributed by atoms with Gasteiger partial charge in [-0.3, -0.25) is 4.79 Å². The molecule has 0 saturated carbocycles. The summed E-state index contributed by atoms with van der Waals surface area (Å²) in [6.45, 7) is 0.695. The third-order valence-corrected chi connectivity index (χ3v) is 6.40. The number of nitrogens with one attached hydrogen (secondary N) is 1. The van der Waals surface area contributed by atoms with E-state index in [9.17, 15) is 10.1 Å². The monoisotopic (exact) mass is 602 g/mol. The minimum absolute atomic E-state index is 0.0725. The molecule has 6 nitrogen and oxygen atoms in total. The van der Waals surface area contributed by atoms with Gasteiger partial charge in [0.2, 0.25) is 0 Å². The van der Waals surface area contributed by atoms with Crippen LogP contribution in [0.2, 0.25) is 5.02 Å². The zero-order valence-electron chi connectivity index (χ0n) is 21.0. The molecule has 4 aromatic carbocycles. The van der Waals surface area contributed by atoms with Gasteiger partial charge in [0, 0.05) is 26.8 Å². The van der Waals surface area contributed by atoms with E-state index in [4.69, 9.17) is 25.8 Å². The molecule has 0 aliphatic heterocycles. The van der Waals surface area contributed by atoms with Crippen molar-refractivity contribution in [3.8, 4) is 23.3 Å². The maximum absolute atomic E-state index is 12.9. The summed E-state index contributed by atoms with van der Waals surface area (Å²) in [6, 6.07) is 29.3. The lowest BCUT2D eigenvalue weighted by molar-refractivity contribution is -0.112. The van der Waals surface area contributed by atoms with Crippen LogP contribution in [0.15, 0.2) is 101 Å². The first-order chi connectivity index (χ1) is 18.9. The molecule has 0 aromatic heterocycles. The van der Waals surface area contributed by atoms with Crippen molar-refractivity contribution in [1.82, 2.24) is 0 Å². The van der Waals surface area contributed by atoms with Crippen LogP contribution < -0.4 is 19.5 Å². The topological polar surface area (TPSA) is 80.6 Å². The van der Waals surface area contributed by atoms with E-state index in [-0.39, 0.29) is 5.57 Å². The second kappa shape index (κ2) is 13.5. The van der Waals surface area contributed by atoms with E-state index in [1.54, 1.807) is 49.6 Å². The van der Waals surface area contributed by atoms with Gasteiger partial charge >= 0.3 is 0 Å². The number of halogens is 2. The first-order valence-corrected chi connectivity index (χ1v) is 13.1. The number of anilines is 1. The van der Waals surface area contributed by atoms with Crippen LogP contribution in [-0.2, 0) is 18.0 Å². The van der Waals surface area contributed by atoms with Crippen LogP contribution in [0.5, 0.6) is 17.2 Å². The van der Waals surface area contributed by atoms with Gasteiger partial charge in [0.05, 0.1) is 7.11 Å². The number of carbonyl (C=O) groups excluding carboxylic acids is 1. The summed E-state index contributed by atoms with van der Waals surface area (Å²) in [4.78, 5) is 12.9. The van der Waals surface area contributed by atoms with Gasteiger partial charge in [-0.1, -0.05) is 51.8 Å². The molecule has 0 fully saturated rings. The Morgan fingerprint density at radius 2 is 1.51 bits per heavy atom. The summed E-state index contributed by atoms with van der Waals surface area (Å²) in [5, 5.41) is 13.1. The van der Waals surface area contributed by atoms with E-state index in [0.717, 1.165) is 15.6 Å². The number of carbonyl (C=O) groups is 1. The van der Waals surface area contributed by atoms with Crippen molar-refractivity contribution < 1.29 is 19.0 Å². The molecular weight excluding hydrogens is 580 g/mol. The lowest BCUT2D eigenvalue weighted by atomic mass is 10.1. The van der Waals surface area contributed by atoms with Crippen molar-refractivity contribution >= 4 is 45.2 Å². The Labute approximate surface area is 240 Å². The minimum atomic E-state index is -0.540. The SMILES string of the molecule is COc1ccc(/C=C(\C#N)C(=O)Nc2ccc(OCc3ccc(Cl)cc3)cc2)c(OCc2ccc(Br)cc2)c1. The predicted molar refractivity (Wildman–Crippen MR) is 156 cm³/mol. The molecule has 8 heteroatoms. The standard InChI is InChI=1S/C31H24BrClN2O4/c1-37-29-13-6-23(30(17-29)39-20-21-2-7-25(32)8-3-21)16-24(18-34)31(36)35-27-11-14-28(15-12-27)38-19-22-4-9-26(33)10-5-22/h2-17H,19-20H2,1H3,(H,35,36)/b24-16+. The van der Waals surface area contributed by atoms with Gasteiger partial charge in [0.15, 0.2) is 0 Å². The summed E-state index contributed by atoms with van der Waals surface area (Å²) < 4.78 is 18.1. The fourth-order valence-electron chi connectivity index (χ4n) is 3.51. The van der Waals surface area contributed by atoms with Crippen LogP contribution in [0.4, 0.5) is 5.69 Å². The van der Waals surface area contributed by atoms with Crippen molar-refractivity contribution in [3.05, 3.63) is 123 Å². The lowest BCUT2D eigenvalue weighted by Crippen LogP contribution is -2.13. The maximum Gasteiger partial charge on any atom is 0.266 e. The Morgan fingerprint density at radius 1 is 0.897 bits per heavy atom. The molecule has 0 spiro atoms. The summed E-state index contributed by atoms with van der Waals surface area (Å²) in [5.74, 6) is 1.19. The van der Waals surface area contributed by atoms with E-state index in [1.807, 2.05) is 54.6 Å². The third-order valence-electron chi connectivity index (χ3n) is 5.62. The fourth-order valence-corrected chi connectivity index (χ4v) is 3.90. The highest BCUT2D eigenvalue weighted by Crippen LogP contribution is 2.28. The molecule has 0 aliphatic carbocycles. The molecule has 4 aromatic rings. The van der Waals surface area contributed by atoms with Gasteiger partial charge in [0.1, 0.15) is 42.1 Å². The average molecular weight is 604 g/mol. The number of nitriles is 1. The van der Waals surface area contributed by atoms with Gasteiger partial charge in [-0.15, -0.1) is 0 Å². The smallest absolute Gasteiger partial charge is 0.266 e. The zero-order valence-corrected chi connectivity index (χ0v) is 23.3. The predicted octanol–water partition coefficient (Wildman–Crippen LogP) is 7.81. The normalized spacial score (nSPS) is 10.9. The first-order valence-electron chi connectivity index (χ1n) is 11.9. The van der Waals surface area contributed by atoms with Gasteiger partial charge < -0.3 is 19.5 Å². The number of hydrogen-bond donors (Lipinski definition) is 1. The van der Waals surface area contributed by atoms with Gasteiger partial charge in [0.25, 0.3) is 5.91 Å². The Kier molecular flexibility index (Phi) is 9.63. The van der Waals surface area contributed by atoms with E-state index in [0.29, 0.717) is 46.7 Å². The molecule has 0 radical (unpaired) electrons. The summed E-state index contributed by atoms with van der Waals surface area (Å²) in [5.41, 5.74) is 2.98. The number of amides is 1. The Morgan fingerprint density at radius 3 is 2.15 bits per heavy atom. The Balaban J connectivity index is 1.43. The third kappa shape index (κ3) is 8.11. The summed E-state index contributed by atoms with van der Waals surface area (Å²) in [7, 11) is 1.56. The molecule has 4 rings (SSSR count). The molecule has 1 amide bonds. The van der Waals surface area contributed by atoms with Gasteiger partial charge in [-0.05, 0) is 77.9 Å². The second-order valence-corrected chi connectivity index (χ2v) is 9.73. The zero-order chi connectivity index (χ0) is 27.6. The van der Waals surface area contributed by atoms with Crippen LogP contribution in [0.1, 0.15) is 16.7 Å². The first kappa shape index (κ1) is 27.8. The molecule has 39 heavy (non-hydrogen) atoms. The van der Waals surface area contributed by atoms with Gasteiger partial charge in [-0.2, -0.15) is 5.26 Å². The van der Waals surface area contributed by atoms with Crippen molar-refractivity contribution in [1.29, 1.82) is 5.26 Å². The van der Waals surface area contributed by atoms with Crippen LogP contribution in [0.25, 0.3) is 6.08 Å². The summed E-state index contributed by atoms with van der Waals surface area (Å²) >= 11 is 9.34. The lowest BCUT2D eigenvalue weighted by Gasteiger charge is -2.12. The van der Waals surface area contributed by atoms with Crippen LogP contribution in [-0.4, -0.2) is 13.0 Å².